The van der Waals surface area contributed by atoms with Crippen LogP contribution in [-0.2, 0) is 16.0 Å². The topological polar surface area (TPSA) is 65.5 Å². The normalized spacial score (nSPS) is 13.0. The lowest BCUT2D eigenvalue weighted by Crippen LogP contribution is -2.37. The molecule has 1 unspecified atom stereocenters. The van der Waals surface area contributed by atoms with Crippen molar-refractivity contribution >= 4 is 0 Å². The summed E-state index contributed by atoms with van der Waals surface area (Å²) in [5, 5.41) is 4.41. The first-order valence-corrected chi connectivity index (χ1v) is 7.71. The minimum Gasteiger partial charge on any atom is -0.385 e. The van der Waals surface area contributed by atoms with E-state index in [2.05, 4.69) is 23.1 Å². The summed E-state index contributed by atoms with van der Waals surface area (Å²) < 4.78 is 12.4. The molecule has 122 valence electrons. The van der Waals surface area contributed by atoms with Gasteiger partial charge in [0.2, 0.25) is 0 Å². The average molecular weight is 298 g/mol. The minimum atomic E-state index is 0.183. The Bertz CT molecular complexity index is 370. The summed E-state index contributed by atoms with van der Waals surface area (Å²) in [6.07, 6.45) is 6.11. The summed E-state index contributed by atoms with van der Waals surface area (Å²) in [5.41, 5.74) is 7.19. The Labute approximate surface area is 128 Å². The van der Waals surface area contributed by atoms with E-state index in [0.29, 0.717) is 13.2 Å². The molecule has 1 atom stereocenters. The molecule has 21 heavy (non-hydrogen) atoms. The molecule has 0 spiro atoms. The van der Waals surface area contributed by atoms with Gasteiger partial charge in [-0.25, -0.2) is 0 Å². The monoisotopic (exact) mass is 298 g/mol. The van der Waals surface area contributed by atoms with Crippen LogP contribution < -0.4 is 5.73 Å². The lowest BCUT2D eigenvalue weighted by atomic mass is 10.1. The molecule has 0 fully saturated rings. The molecule has 0 aliphatic heterocycles. The average Bonchev–Trinajstić information content (AvgIpc) is 2.94. The molecule has 0 saturated carbocycles. The lowest BCUT2D eigenvalue weighted by molar-refractivity contribution is 0.108. The van der Waals surface area contributed by atoms with E-state index in [1.807, 2.05) is 10.9 Å². The summed E-state index contributed by atoms with van der Waals surface area (Å²) in [4.78, 5) is 2.36. The maximum atomic E-state index is 6.01. The van der Waals surface area contributed by atoms with Crippen LogP contribution >= 0.6 is 0 Å². The van der Waals surface area contributed by atoms with Gasteiger partial charge in [0.25, 0.3) is 0 Å². The zero-order valence-electron chi connectivity index (χ0n) is 13.6. The number of nitrogens with two attached hydrogens (primary N) is 1. The molecule has 1 aromatic heterocycles. The van der Waals surface area contributed by atoms with Gasteiger partial charge in [0.15, 0.2) is 0 Å². The standard InChI is InChI=1S/C15H30N4O2/c1-4-6-19-13-14(12-17-19)15(11-16)18(8-10-21-3)7-5-9-20-2/h12-13,15H,4-11,16H2,1-3H3. The van der Waals surface area contributed by atoms with Crippen molar-refractivity contribution in [3.8, 4) is 0 Å². The smallest absolute Gasteiger partial charge is 0.0589 e. The maximum Gasteiger partial charge on any atom is 0.0589 e. The van der Waals surface area contributed by atoms with E-state index in [1.54, 1.807) is 14.2 Å². The predicted molar refractivity (Wildman–Crippen MR) is 84.3 cm³/mol. The number of hydrogen-bond donors (Lipinski definition) is 1. The lowest BCUT2D eigenvalue weighted by Gasteiger charge is -2.30. The van der Waals surface area contributed by atoms with Crippen molar-refractivity contribution in [2.45, 2.75) is 32.4 Å². The van der Waals surface area contributed by atoms with Crippen LogP contribution in [0.5, 0.6) is 0 Å². The Morgan fingerprint density at radius 2 is 2.05 bits per heavy atom. The second kappa shape index (κ2) is 10.7. The molecule has 6 nitrogen and oxygen atoms in total. The van der Waals surface area contributed by atoms with Crippen LogP contribution in [0.3, 0.4) is 0 Å². The summed E-state index contributed by atoms with van der Waals surface area (Å²) >= 11 is 0. The van der Waals surface area contributed by atoms with Gasteiger partial charge < -0.3 is 15.2 Å². The summed E-state index contributed by atoms with van der Waals surface area (Å²) in [5.74, 6) is 0. The number of aryl methyl sites for hydroxylation is 1. The Hall–Kier alpha value is -0.950. The molecule has 0 radical (unpaired) electrons. The Kier molecular flexibility index (Phi) is 9.25. The third kappa shape index (κ3) is 6.13. The number of aromatic nitrogens is 2. The fraction of sp³-hybridized carbons (Fsp3) is 0.800. The molecule has 6 heteroatoms. The number of nitrogens with zero attached hydrogens (tertiary/aromatic N) is 3. The van der Waals surface area contributed by atoms with Gasteiger partial charge in [-0.3, -0.25) is 9.58 Å². The van der Waals surface area contributed by atoms with Gasteiger partial charge in [0.05, 0.1) is 18.8 Å². The first kappa shape index (κ1) is 18.1. The zero-order chi connectivity index (χ0) is 15.5. The van der Waals surface area contributed by atoms with Crippen molar-refractivity contribution in [3.05, 3.63) is 18.0 Å². The quantitative estimate of drug-likeness (QED) is 0.589. The second-order valence-electron chi connectivity index (χ2n) is 5.16. The van der Waals surface area contributed by atoms with E-state index < -0.39 is 0 Å². The summed E-state index contributed by atoms with van der Waals surface area (Å²) in [6.45, 7) is 6.94. The highest BCUT2D eigenvalue weighted by atomic mass is 16.5. The fourth-order valence-electron chi connectivity index (χ4n) is 2.44. The molecule has 1 aromatic rings. The number of rotatable bonds is 12. The predicted octanol–water partition coefficient (Wildman–Crippen LogP) is 1.28. The van der Waals surface area contributed by atoms with E-state index in [1.165, 1.54) is 5.56 Å². The van der Waals surface area contributed by atoms with Crippen LogP contribution in [0.2, 0.25) is 0 Å². The molecule has 1 rings (SSSR count). The largest absolute Gasteiger partial charge is 0.385 e. The van der Waals surface area contributed by atoms with Crippen molar-refractivity contribution in [3.63, 3.8) is 0 Å². The van der Waals surface area contributed by atoms with Crippen LogP contribution in [0, 0.1) is 0 Å². The fourth-order valence-corrected chi connectivity index (χ4v) is 2.44. The molecule has 2 N–H and O–H groups in total. The van der Waals surface area contributed by atoms with Crippen molar-refractivity contribution in [1.82, 2.24) is 14.7 Å². The van der Waals surface area contributed by atoms with Crippen LogP contribution in [0.25, 0.3) is 0 Å². The minimum absolute atomic E-state index is 0.183. The van der Waals surface area contributed by atoms with Gasteiger partial charge in [0, 0.05) is 58.8 Å². The number of ether oxygens (including phenoxy) is 2. The first-order valence-electron chi connectivity index (χ1n) is 7.71. The van der Waals surface area contributed by atoms with Gasteiger partial charge in [-0.15, -0.1) is 0 Å². The highest BCUT2D eigenvalue weighted by Crippen LogP contribution is 2.19. The Morgan fingerprint density at radius 3 is 2.67 bits per heavy atom. The summed E-state index contributed by atoms with van der Waals surface area (Å²) in [7, 11) is 3.46. The van der Waals surface area contributed by atoms with E-state index in [-0.39, 0.29) is 6.04 Å². The van der Waals surface area contributed by atoms with Gasteiger partial charge in [0.1, 0.15) is 0 Å². The third-order valence-electron chi connectivity index (χ3n) is 3.53. The maximum absolute atomic E-state index is 6.01. The van der Waals surface area contributed by atoms with Crippen LogP contribution in [0.4, 0.5) is 0 Å². The van der Waals surface area contributed by atoms with Gasteiger partial charge >= 0.3 is 0 Å². The molecule has 0 amide bonds. The van der Waals surface area contributed by atoms with Gasteiger partial charge in [-0.2, -0.15) is 5.10 Å². The molecule has 0 aliphatic rings. The number of methoxy groups -OCH3 is 2. The zero-order valence-corrected chi connectivity index (χ0v) is 13.6. The Morgan fingerprint density at radius 1 is 1.29 bits per heavy atom. The van der Waals surface area contributed by atoms with Crippen molar-refractivity contribution < 1.29 is 9.47 Å². The summed E-state index contributed by atoms with van der Waals surface area (Å²) in [6, 6.07) is 0.183. The SMILES string of the molecule is CCCn1cc(C(CN)N(CCCOC)CCOC)cn1. The molecule has 0 aliphatic carbocycles. The third-order valence-corrected chi connectivity index (χ3v) is 3.53. The van der Waals surface area contributed by atoms with Crippen molar-refractivity contribution in [1.29, 1.82) is 0 Å². The molecule has 0 bridgehead atoms. The van der Waals surface area contributed by atoms with Crippen molar-refractivity contribution in [2.24, 2.45) is 5.73 Å². The van der Waals surface area contributed by atoms with E-state index in [9.17, 15) is 0 Å². The van der Waals surface area contributed by atoms with Crippen molar-refractivity contribution in [2.75, 3.05) is 47.1 Å². The van der Waals surface area contributed by atoms with Gasteiger partial charge in [-0.1, -0.05) is 6.92 Å². The van der Waals surface area contributed by atoms with E-state index >= 15 is 0 Å². The molecule has 1 heterocycles. The number of hydrogen-bond acceptors (Lipinski definition) is 5. The van der Waals surface area contributed by atoms with Crippen LogP contribution in [-0.4, -0.2) is 61.7 Å². The van der Waals surface area contributed by atoms with E-state index in [4.69, 9.17) is 15.2 Å². The van der Waals surface area contributed by atoms with Crippen LogP contribution in [0.1, 0.15) is 31.4 Å². The molecular formula is C15H30N4O2. The van der Waals surface area contributed by atoms with Crippen LogP contribution in [0.15, 0.2) is 12.4 Å². The van der Waals surface area contributed by atoms with E-state index in [0.717, 1.165) is 39.1 Å². The Balaban J connectivity index is 2.72. The highest BCUT2D eigenvalue weighted by molar-refractivity contribution is 5.11. The molecule has 0 saturated heterocycles. The molecule has 0 aromatic carbocycles. The second-order valence-corrected chi connectivity index (χ2v) is 5.16. The highest BCUT2D eigenvalue weighted by Gasteiger charge is 2.20. The van der Waals surface area contributed by atoms with Gasteiger partial charge in [-0.05, 0) is 12.8 Å². The first-order chi connectivity index (χ1) is 10.3. The molecular weight excluding hydrogens is 268 g/mol.